The van der Waals surface area contributed by atoms with Crippen LogP contribution < -0.4 is 5.32 Å². The molecule has 0 aliphatic heterocycles. The van der Waals surface area contributed by atoms with Crippen molar-refractivity contribution in [1.29, 1.82) is 0 Å². The van der Waals surface area contributed by atoms with Gasteiger partial charge in [0, 0.05) is 23.1 Å². The molecule has 0 fully saturated rings. The van der Waals surface area contributed by atoms with E-state index in [0.717, 1.165) is 18.4 Å². The molecule has 1 atom stereocenters. The first-order valence-electron chi connectivity index (χ1n) is 6.16. The lowest BCUT2D eigenvalue weighted by molar-refractivity contribution is -0.121. The van der Waals surface area contributed by atoms with Crippen LogP contribution in [0, 0.1) is 0 Å². The second-order valence-electron chi connectivity index (χ2n) is 4.44. The first-order chi connectivity index (χ1) is 8.82. The Kier molecular flexibility index (Phi) is 5.82. The molecular formula is C13H18ClNO3S. The zero-order valence-electron chi connectivity index (χ0n) is 11.0. The normalized spacial score (nSPS) is 13.0. The van der Waals surface area contributed by atoms with E-state index < -0.39 is 9.05 Å². The van der Waals surface area contributed by atoms with Gasteiger partial charge in [0.05, 0.1) is 4.90 Å². The first-order valence-corrected chi connectivity index (χ1v) is 8.47. The highest BCUT2D eigenvalue weighted by molar-refractivity contribution is 8.13. The summed E-state index contributed by atoms with van der Waals surface area (Å²) in [5.41, 5.74) is 1.02. The number of carbonyl (C=O) groups excluding carboxylic acids is 1. The fourth-order valence-electron chi connectivity index (χ4n) is 1.65. The fraction of sp³-hybridized carbons (Fsp3) is 0.462. The van der Waals surface area contributed by atoms with Crippen molar-refractivity contribution in [1.82, 2.24) is 5.32 Å². The average Bonchev–Trinajstić information content (AvgIpc) is 2.35. The van der Waals surface area contributed by atoms with Crippen LogP contribution in [0.3, 0.4) is 0 Å². The van der Waals surface area contributed by atoms with E-state index >= 15 is 0 Å². The maximum Gasteiger partial charge on any atom is 0.261 e. The van der Waals surface area contributed by atoms with Gasteiger partial charge in [0.2, 0.25) is 5.91 Å². The van der Waals surface area contributed by atoms with Crippen molar-refractivity contribution in [3.8, 4) is 0 Å². The Balaban J connectivity index is 2.53. The minimum atomic E-state index is -3.65. The van der Waals surface area contributed by atoms with E-state index in [1.54, 1.807) is 12.1 Å². The van der Waals surface area contributed by atoms with Gasteiger partial charge >= 0.3 is 0 Å². The fourth-order valence-corrected chi connectivity index (χ4v) is 2.42. The molecule has 0 saturated carbocycles. The van der Waals surface area contributed by atoms with Crippen LogP contribution in [0.15, 0.2) is 29.2 Å². The summed E-state index contributed by atoms with van der Waals surface area (Å²) >= 11 is 0. The summed E-state index contributed by atoms with van der Waals surface area (Å²) < 4.78 is 22.2. The van der Waals surface area contributed by atoms with Crippen LogP contribution in [0.2, 0.25) is 0 Å². The van der Waals surface area contributed by atoms with E-state index in [9.17, 15) is 13.2 Å². The van der Waals surface area contributed by atoms with Crippen molar-refractivity contribution in [2.75, 3.05) is 0 Å². The van der Waals surface area contributed by atoms with E-state index in [-0.39, 0.29) is 16.8 Å². The van der Waals surface area contributed by atoms with Crippen LogP contribution in [0.5, 0.6) is 0 Å². The van der Waals surface area contributed by atoms with Crippen molar-refractivity contribution in [2.45, 2.75) is 44.0 Å². The van der Waals surface area contributed by atoms with Crippen molar-refractivity contribution in [2.24, 2.45) is 0 Å². The maximum absolute atomic E-state index is 11.2. The van der Waals surface area contributed by atoms with Crippen LogP contribution in [0.1, 0.15) is 32.3 Å². The molecule has 1 unspecified atom stereocenters. The number of rotatable bonds is 6. The molecule has 19 heavy (non-hydrogen) atoms. The van der Waals surface area contributed by atoms with Crippen molar-refractivity contribution >= 4 is 25.6 Å². The molecule has 0 aliphatic carbocycles. The molecule has 4 nitrogen and oxygen atoms in total. The predicted molar refractivity (Wildman–Crippen MR) is 75.7 cm³/mol. The quantitative estimate of drug-likeness (QED) is 0.821. The highest BCUT2D eigenvalue weighted by Crippen LogP contribution is 2.16. The molecule has 1 aromatic carbocycles. The molecule has 106 valence electrons. The standard InChI is InChI=1S/C13H18ClNO3S/c1-3-13(16)15-10(2)4-5-11-6-8-12(9-7-11)19(14,17)18/h6-10H,3-5H2,1-2H3,(H,15,16). The lowest BCUT2D eigenvalue weighted by atomic mass is 10.1. The van der Waals surface area contributed by atoms with Crippen LogP contribution in [-0.4, -0.2) is 20.4 Å². The number of benzene rings is 1. The number of hydrogen-bond acceptors (Lipinski definition) is 3. The Morgan fingerprint density at radius 3 is 2.37 bits per heavy atom. The highest BCUT2D eigenvalue weighted by atomic mass is 35.7. The third-order valence-corrected chi connectivity index (χ3v) is 4.17. The van der Waals surface area contributed by atoms with E-state index in [1.165, 1.54) is 12.1 Å². The van der Waals surface area contributed by atoms with Gasteiger partial charge < -0.3 is 5.32 Å². The SMILES string of the molecule is CCC(=O)NC(C)CCc1ccc(S(=O)(=O)Cl)cc1. The van der Waals surface area contributed by atoms with Gasteiger partial charge in [0.25, 0.3) is 9.05 Å². The van der Waals surface area contributed by atoms with Crippen molar-refractivity contribution in [3.05, 3.63) is 29.8 Å². The highest BCUT2D eigenvalue weighted by Gasteiger charge is 2.10. The number of halogens is 1. The minimum absolute atomic E-state index is 0.0380. The van der Waals surface area contributed by atoms with Crippen LogP contribution >= 0.6 is 10.7 Å². The van der Waals surface area contributed by atoms with Gasteiger partial charge in [0.1, 0.15) is 0 Å². The topological polar surface area (TPSA) is 63.2 Å². The molecule has 0 saturated heterocycles. The number of carbonyl (C=O) groups is 1. The Labute approximate surface area is 118 Å². The summed E-state index contributed by atoms with van der Waals surface area (Å²) in [6, 6.07) is 6.57. The smallest absolute Gasteiger partial charge is 0.261 e. The van der Waals surface area contributed by atoms with Crippen molar-refractivity contribution in [3.63, 3.8) is 0 Å². The predicted octanol–water partition coefficient (Wildman–Crippen LogP) is 2.46. The zero-order valence-corrected chi connectivity index (χ0v) is 12.6. The van der Waals surface area contributed by atoms with E-state index in [2.05, 4.69) is 5.32 Å². The second kappa shape index (κ2) is 6.91. The average molecular weight is 304 g/mol. The molecule has 0 aromatic heterocycles. The molecular weight excluding hydrogens is 286 g/mol. The second-order valence-corrected chi connectivity index (χ2v) is 7.01. The Hall–Kier alpha value is -1.07. The molecule has 0 radical (unpaired) electrons. The van der Waals surface area contributed by atoms with E-state index in [1.807, 2.05) is 13.8 Å². The molecule has 1 amide bonds. The van der Waals surface area contributed by atoms with Gasteiger partial charge in [-0.25, -0.2) is 8.42 Å². The molecule has 1 N–H and O–H groups in total. The van der Waals surface area contributed by atoms with Gasteiger partial charge in [-0.05, 0) is 37.5 Å². The molecule has 0 aliphatic rings. The largest absolute Gasteiger partial charge is 0.354 e. The van der Waals surface area contributed by atoms with E-state index in [0.29, 0.717) is 6.42 Å². The third-order valence-electron chi connectivity index (χ3n) is 2.80. The summed E-state index contributed by atoms with van der Waals surface area (Å²) in [7, 11) is 1.58. The first kappa shape index (κ1) is 16.0. The van der Waals surface area contributed by atoms with Crippen LogP contribution in [0.25, 0.3) is 0 Å². The summed E-state index contributed by atoms with van der Waals surface area (Å²) in [4.78, 5) is 11.3. The number of hydrogen-bond donors (Lipinski definition) is 1. The van der Waals surface area contributed by atoms with Crippen LogP contribution in [0.4, 0.5) is 0 Å². The number of nitrogens with one attached hydrogen (secondary N) is 1. The number of amides is 1. The van der Waals surface area contributed by atoms with Crippen molar-refractivity contribution < 1.29 is 13.2 Å². The Bertz CT molecular complexity index is 525. The lowest BCUT2D eigenvalue weighted by Crippen LogP contribution is -2.32. The molecule has 6 heteroatoms. The third kappa shape index (κ3) is 5.61. The molecule has 1 rings (SSSR count). The van der Waals surface area contributed by atoms with Gasteiger partial charge in [-0.2, -0.15) is 0 Å². The van der Waals surface area contributed by atoms with Crippen LogP contribution in [-0.2, 0) is 20.3 Å². The molecule has 0 spiro atoms. The minimum Gasteiger partial charge on any atom is -0.354 e. The van der Waals surface area contributed by atoms with Gasteiger partial charge in [0.15, 0.2) is 0 Å². The monoisotopic (exact) mass is 303 g/mol. The summed E-state index contributed by atoms with van der Waals surface area (Å²) in [5.74, 6) is 0.0380. The van der Waals surface area contributed by atoms with Gasteiger partial charge in [-0.15, -0.1) is 0 Å². The molecule has 1 aromatic rings. The Morgan fingerprint density at radius 1 is 1.32 bits per heavy atom. The number of aryl methyl sites for hydroxylation is 1. The molecule has 0 heterocycles. The van der Waals surface area contributed by atoms with E-state index in [4.69, 9.17) is 10.7 Å². The Morgan fingerprint density at radius 2 is 1.89 bits per heavy atom. The summed E-state index contributed by atoms with van der Waals surface area (Å²) in [5, 5.41) is 2.88. The summed E-state index contributed by atoms with van der Waals surface area (Å²) in [6.07, 6.45) is 2.05. The molecule has 0 bridgehead atoms. The maximum atomic E-state index is 11.2. The lowest BCUT2D eigenvalue weighted by Gasteiger charge is -2.13. The van der Waals surface area contributed by atoms with Gasteiger partial charge in [-0.3, -0.25) is 4.79 Å². The van der Waals surface area contributed by atoms with Gasteiger partial charge in [-0.1, -0.05) is 19.1 Å². The zero-order chi connectivity index (χ0) is 14.5. The summed E-state index contributed by atoms with van der Waals surface area (Å²) in [6.45, 7) is 3.76.